The lowest BCUT2D eigenvalue weighted by Gasteiger charge is -2.17. The molecular weight excluding hydrogens is 354 g/mol. The molecule has 2 aromatic rings. The third-order valence-corrected chi connectivity index (χ3v) is 4.60. The normalized spacial score (nSPS) is 11.5. The highest BCUT2D eigenvalue weighted by Crippen LogP contribution is 2.13. The highest BCUT2D eigenvalue weighted by Gasteiger charge is 2.23. The summed E-state index contributed by atoms with van der Waals surface area (Å²) in [6, 6.07) is 14.2. The SMILES string of the molecule is CCOC(=O)C(Cc1ccccc1)NC(=O)CCC(=O)c1ccc(C)c(C)c1. The highest BCUT2D eigenvalue weighted by molar-refractivity contribution is 5.98. The summed E-state index contributed by atoms with van der Waals surface area (Å²) >= 11 is 0. The third-order valence-electron chi connectivity index (χ3n) is 4.60. The first-order valence-electron chi connectivity index (χ1n) is 9.51. The fourth-order valence-corrected chi connectivity index (χ4v) is 2.84. The number of benzene rings is 2. The quantitative estimate of drug-likeness (QED) is 0.532. The Balaban J connectivity index is 1.95. The summed E-state index contributed by atoms with van der Waals surface area (Å²) in [5, 5.41) is 2.71. The van der Waals surface area contributed by atoms with Crippen LogP contribution < -0.4 is 5.32 Å². The predicted octanol–water partition coefficient (Wildman–Crippen LogP) is 3.56. The molecule has 5 nitrogen and oxygen atoms in total. The number of amides is 1. The summed E-state index contributed by atoms with van der Waals surface area (Å²) in [5.74, 6) is -0.902. The Morgan fingerprint density at radius 3 is 2.32 bits per heavy atom. The zero-order valence-corrected chi connectivity index (χ0v) is 16.7. The van der Waals surface area contributed by atoms with Gasteiger partial charge in [-0.2, -0.15) is 0 Å². The van der Waals surface area contributed by atoms with Crippen LogP contribution >= 0.6 is 0 Å². The number of hydrogen-bond donors (Lipinski definition) is 1. The van der Waals surface area contributed by atoms with Crippen LogP contribution in [0.4, 0.5) is 0 Å². The molecule has 2 aromatic carbocycles. The van der Waals surface area contributed by atoms with E-state index in [4.69, 9.17) is 4.74 Å². The van der Waals surface area contributed by atoms with Gasteiger partial charge in [-0.25, -0.2) is 4.79 Å². The van der Waals surface area contributed by atoms with Gasteiger partial charge in [0.05, 0.1) is 6.61 Å². The number of Topliss-reactive ketones (excluding diaryl/α,β-unsaturated/α-hetero) is 1. The molecule has 2 rings (SSSR count). The van der Waals surface area contributed by atoms with Crippen molar-refractivity contribution < 1.29 is 19.1 Å². The van der Waals surface area contributed by atoms with Crippen LogP contribution in [0.15, 0.2) is 48.5 Å². The summed E-state index contributed by atoms with van der Waals surface area (Å²) in [4.78, 5) is 36.9. The smallest absolute Gasteiger partial charge is 0.328 e. The number of rotatable bonds is 9. The summed E-state index contributed by atoms with van der Waals surface area (Å²) < 4.78 is 5.08. The van der Waals surface area contributed by atoms with Gasteiger partial charge in [0.2, 0.25) is 5.91 Å². The second-order valence-electron chi connectivity index (χ2n) is 6.78. The maximum atomic E-state index is 12.4. The third kappa shape index (κ3) is 6.34. The maximum absolute atomic E-state index is 12.4. The Bertz CT molecular complexity index is 830. The van der Waals surface area contributed by atoms with Crippen LogP contribution in [0.5, 0.6) is 0 Å². The van der Waals surface area contributed by atoms with Crippen molar-refractivity contribution in [2.24, 2.45) is 0 Å². The molecule has 0 saturated carbocycles. The second-order valence-corrected chi connectivity index (χ2v) is 6.78. The number of aryl methyl sites for hydroxylation is 2. The first-order valence-corrected chi connectivity index (χ1v) is 9.51. The Hall–Kier alpha value is -2.95. The van der Waals surface area contributed by atoms with E-state index in [1.54, 1.807) is 13.0 Å². The molecule has 0 bridgehead atoms. The molecule has 0 aliphatic heterocycles. The number of hydrogen-bond acceptors (Lipinski definition) is 4. The fourth-order valence-electron chi connectivity index (χ4n) is 2.84. The van der Waals surface area contributed by atoms with E-state index in [0.29, 0.717) is 12.0 Å². The van der Waals surface area contributed by atoms with Gasteiger partial charge in [-0.05, 0) is 43.5 Å². The lowest BCUT2D eigenvalue weighted by Crippen LogP contribution is -2.43. The van der Waals surface area contributed by atoms with E-state index in [2.05, 4.69) is 5.32 Å². The minimum atomic E-state index is -0.772. The molecule has 5 heteroatoms. The lowest BCUT2D eigenvalue weighted by molar-refractivity contribution is -0.147. The van der Waals surface area contributed by atoms with Crippen molar-refractivity contribution >= 4 is 17.7 Å². The molecule has 148 valence electrons. The minimum absolute atomic E-state index is 0.0243. The second kappa shape index (κ2) is 10.4. The van der Waals surface area contributed by atoms with Crippen LogP contribution in [0.1, 0.15) is 46.8 Å². The zero-order valence-electron chi connectivity index (χ0n) is 16.7. The highest BCUT2D eigenvalue weighted by atomic mass is 16.5. The van der Waals surface area contributed by atoms with E-state index >= 15 is 0 Å². The van der Waals surface area contributed by atoms with Crippen molar-refractivity contribution in [3.8, 4) is 0 Å². The summed E-state index contributed by atoms with van der Waals surface area (Å²) in [5.41, 5.74) is 3.68. The zero-order chi connectivity index (χ0) is 20.5. The van der Waals surface area contributed by atoms with E-state index in [9.17, 15) is 14.4 Å². The average Bonchev–Trinajstić information content (AvgIpc) is 2.68. The summed E-state index contributed by atoms with van der Waals surface area (Å²) in [6.45, 7) is 5.90. The van der Waals surface area contributed by atoms with Gasteiger partial charge in [0.25, 0.3) is 0 Å². The van der Waals surface area contributed by atoms with Crippen LogP contribution in [0.2, 0.25) is 0 Å². The van der Waals surface area contributed by atoms with Crippen LogP contribution in [0.25, 0.3) is 0 Å². The molecule has 0 spiro atoms. The van der Waals surface area contributed by atoms with Crippen LogP contribution in [0, 0.1) is 13.8 Å². The average molecular weight is 381 g/mol. The monoisotopic (exact) mass is 381 g/mol. The standard InChI is InChI=1S/C23H27NO4/c1-4-28-23(27)20(15-18-8-6-5-7-9-18)24-22(26)13-12-21(25)19-11-10-16(2)17(3)14-19/h5-11,14,20H,4,12-13,15H2,1-3H3,(H,24,26). The summed E-state index contributed by atoms with van der Waals surface area (Å²) in [7, 11) is 0. The van der Waals surface area contributed by atoms with Crippen LogP contribution in [-0.4, -0.2) is 30.3 Å². The molecule has 1 unspecified atom stereocenters. The molecule has 0 radical (unpaired) electrons. The van der Waals surface area contributed by atoms with Gasteiger partial charge in [0.1, 0.15) is 6.04 Å². The van der Waals surface area contributed by atoms with E-state index in [0.717, 1.165) is 16.7 Å². The van der Waals surface area contributed by atoms with Crippen molar-refractivity contribution in [3.63, 3.8) is 0 Å². The molecule has 0 heterocycles. The molecule has 1 atom stereocenters. The predicted molar refractivity (Wildman–Crippen MR) is 108 cm³/mol. The van der Waals surface area contributed by atoms with Crippen molar-refractivity contribution in [2.75, 3.05) is 6.61 Å². The molecular formula is C23H27NO4. The van der Waals surface area contributed by atoms with Gasteiger partial charge in [-0.15, -0.1) is 0 Å². The minimum Gasteiger partial charge on any atom is -0.464 e. The summed E-state index contributed by atoms with van der Waals surface area (Å²) in [6.07, 6.45) is 0.461. The van der Waals surface area contributed by atoms with Gasteiger partial charge in [-0.3, -0.25) is 9.59 Å². The van der Waals surface area contributed by atoms with Gasteiger partial charge in [0, 0.05) is 24.8 Å². The van der Waals surface area contributed by atoms with Crippen molar-refractivity contribution in [1.29, 1.82) is 0 Å². The number of carbonyl (C=O) groups excluding carboxylic acids is 3. The molecule has 1 N–H and O–H groups in total. The first-order chi connectivity index (χ1) is 13.4. The van der Waals surface area contributed by atoms with E-state index in [1.165, 1.54) is 0 Å². The number of esters is 1. The first kappa shape index (κ1) is 21.4. The molecule has 0 aliphatic carbocycles. The Labute approximate surface area is 166 Å². The molecule has 0 aromatic heterocycles. The topological polar surface area (TPSA) is 72.5 Å². The van der Waals surface area contributed by atoms with Gasteiger partial charge >= 0.3 is 5.97 Å². The fraction of sp³-hybridized carbons (Fsp3) is 0.348. The largest absolute Gasteiger partial charge is 0.464 e. The Morgan fingerprint density at radius 1 is 0.964 bits per heavy atom. The molecule has 0 aliphatic rings. The Kier molecular flexibility index (Phi) is 7.93. The van der Waals surface area contributed by atoms with Crippen LogP contribution in [0.3, 0.4) is 0 Å². The van der Waals surface area contributed by atoms with Crippen molar-refractivity contribution in [2.45, 2.75) is 46.1 Å². The number of carbonyl (C=O) groups is 3. The van der Waals surface area contributed by atoms with Crippen molar-refractivity contribution in [1.82, 2.24) is 5.32 Å². The number of ketones is 1. The van der Waals surface area contributed by atoms with Crippen LogP contribution in [-0.2, 0) is 20.7 Å². The van der Waals surface area contributed by atoms with E-state index in [1.807, 2.05) is 56.3 Å². The van der Waals surface area contributed by atoms with Crippen molar-refractivity contribution in [3.05, 3.63) is 70.8 Å². The number of ether oxygens (including phenoxy) is 1. The maximum Gasteiger partial charge on any atom is 0.328 e. The Morgan fingerprint density at radius 2 is 1.68 bits per heavy atom. The van der Waals surface area contributed by atoms with Gasteiger partial charge in [0.15, 0.2) is 5.78 Å². The lowest BCUT2D eigenvalue weighted by atomic mass is 10.0. The molecule has 1 amide bonds. The van der Waals surface area contributed by atoms with E-state index < -0.39 is 12.0 Å². The van der Waals surface area contributed by atoms with E-state index in [-0.39, 0.29) is 31.1 Å². The molecule has 0 saturated heterocycles. The molecule has 28 heavy (non-hydrogen) atoms. The van der Waals surface area contributed by atoms with Gasteiger partial charge in [-0.1, -0.05) is 42.5 Å². The molecule has 0 fully saturated rings. The van der Waals surface area contributed by atoms with Gasteiger partial charge < -0.3 is 10.1 Å². The number of nitrogens with one attached hydrogen (secondary N) is 1.